The molecule has 2 aromatic heterocycles. The molecular weight excluding hydrogens is 260 g/mol. The zero-order chi connectivity index (χ0) is 13.8. The lowest BCUT2D eigenvalue weighted by Crippen LogP contribution is -1.88. The summed E-state index contributed by atoms with van der Waals surface area (Å²) in [6.07, 6.45) is 5.02. The molecule has 0 spiro atoms. The molecule has 0 atom stereocenters. The van der Waals surface area contributed by atoms with E-state index in [0.717, 1.165) is 15.4 Å². The van der Waals surface area contributed by atoms with Gasteiger partial charge in [-0.2, -0.15) is 0 Å². The van der Waals surface area contributed by atoms with Gasteiger partial charge in [0.15, 0.2) is 0 Å². The molecule has 4 nitrogen and oxygen atoms in total. The first-order valence-electron chi connectivity index (χ1n) is 5.65. The van der Waals surface area contributed by atoms with Crippen molar-refractivity contribution in [3.05, 3.63) is 47.9 Å². The lowest BCUT2D eigenvalue weighted by Gasteiger charge is -2.03. The van der Waals surface area contributed by atoms with Crippen molar-refractivity contribution in [1.29, 1.82) is 0 Å². The Morgan fingerprint density at radius 1 is 1.47 bits per heavy atom. The molecule has 0 amide bonds. The molecule has 0 radical (unpaired) electrons. The van der Waals surface area contributed by atoms with Gasteiger partial charge >= 0.3 is 0 Å². The number of aliphatic hydroxyl groups excluding tert-OH is 1. The summed E-state index contributed by atoms with van der Waals surface area (Å²) in [5.41, 5.74) is 1.52. The fraction of sp³-hybridized carbons (Fsp3) is 0.143. The van der Waals surface area contributed by atoms with Crippen molar-refractivity contribution in [3.63, 3.8) is 0 Å². The van der Waals surface area contributed by atoms with E-state index in [4.69, 9.17) is 4.74 Å². The zero-order valence-electron chi connectivity index (χ0n) is 10.8. The maximum absolute atomic E-state index is 9.58. The van der Waals surface area contributed by atoms with Gasteiger partial charge in [0, 0.05) is 18.0 Å². The van der Waals surface area contributed by atoms with E-state index < -0.39 is 0 Å². The predicted octanol–water partition coefficient (Wildman–Crippen LogP) is 3.69. The molecule has 0 unspecified atom stereocenters. The van der Waals surface area contributed by atoms with Gasteiger partial charge in [0.1, 0.15) is 5.01 Å². The number of hydrogen-bond acceptors (Lipinski definition) is 5. The average Bonchev–Trinajstić information content (AvgIpc) is 2.88. The number of pyridine rings is 1. The van der Waals surface area contributed by atoms with Crippen LogP contribution < -0.4 is 4.74 Å². The molecule has 0 aromatic carbocycles. The summed E-state index contributed by atoms with van der Waals surface area (Å²) in [5, 5.41) is 10.3. The minimum absolute atomic E-state index is 0.203. The summed E-state index contributed by atoms with van der Waals surface area (Å²) >= 11 is 1.46. The quantitative estimate of drug-likeness (QED) is 0.682. The van der Waals surface area contributed by atoms with E-state index >= 15 is 0 Å². The van der Waals surface area contributed by atoms with E-state index in [-0.39, 0.29) is 5.76 Å². The lowest BCUT2D eigenvalue weighted by atomic mass is 10.2. The molecule has 5 heteroatoms. The van der Waals surface area contributed by atoms with Crippen molar-refractivity contribution in [3.8, 4) is 16.3 Å². The SMILES string of the molecule is C=CC(=C(C)O)c1ncc(-c2cccnc2OC)s1. The third kappa shape index (κ3) is 2.66. The number of allylic oxidation sites excluding steroid dienone is 3. The number of aliphatic hydroxyl groups is 1. The number of ether oxygens (including phenoxy) is 1. The molecule has 19 heavy (non-hydrogen) atoms. The summed E-state index contributed by atoms with van der Waals surface area (Å²) in [6, 6.07) is 3.77. The van der Waals surface area contributed by atoms with E-state index in [0.29, 0.717) is 11.5 Å². The topological polar surface area (TPSA) is 55.2 Å². The maximum Gasteiger partial charge on any atom is 0.221 e. The van der Waals surface area contributed by atoms with Gasteiger partial charge in [0.2, 0.25) is 5.88 Å². The highest BCUT2D eigenvalue weighted by Gasteiger charge is 2.12. The second kappa shape index (κ2) is 5.67. The highest BCUT2D eigenvalue weighted by atomic mass is 32.1. The van der Waals surface area contributed by atoms with E-state index in [9.17, 15) is 5.11 Å². The third-order valence-corrected chi connectivity index (χ3v) is 3.62. The number of hydrogen-bond donors (Lipinski definition) is 1. The van der Waals surface area contributed by atoms with Crippen LogP contribution in [0.5, 0.6) is 5.88 Å². The van der Waals surface area contributed by atoms with Gasteiger partial charge in [0.25, 0.3) is 0 Å². The summed E-state index contributed by atoms with van der Waals surface area (Å²) in [5.74, 6) is 0.761. The van der Waals surface area contributed by atoms with Crippen LogP contribution in [0.15, 0.2) is 42.9 Å². The fourth-order valence-corrected chi connectivity index (χ4v) is 2.68. The van der Waals surface area contributed by atoms with Crippen molar-refractivity contribution >= 4 is 16.9 Å². The highest BCUT2D eigenvalue weighted by molar-refractivity contribution is 7.16. The Kier molecular flexibility index (Phi) is 3.97. The van der Waals surface area contributed by atoms with Crippen LogP contribution in [0.4, 0.5) is 0 Å². The van der Waals surface area contributed by atoms with Gasteiger partial charge in [-0.25, -0.2) is 9.97 Å². The Morgan fingerprint density at radius 2 is 2.26 bits per heavy atom. The number of nitrogens with zero attached hydrogens (tertiary/aromatic N) is 2. The first-order chi connectivity index (χ1) is 9.17. The fourth-order valence-electron chi connectivity index (χ4n) is 1.65. The molecule has 0 aliphatic rings. The Balaban J connectivity index is 2.47. The number of thiazole rings is 1. The van der Waals surface area contributed by atoms with Crippen molar-refractivity contribution in [2.75, 3.05) is 7.11 Å². The van der Waals surface area contributed by atoms with Crippen LogP contribution in [0, 0.1) is 0 Å². The van der Waals surface area contributed by atoms with Crippen LogP contribution in [0.3, 0.4) is 0 Å². The summed E-state index contributed by atoms with van der Waals surface area (Å²) in [6.45, 7) is 5.30. The van der Waals surface area contributed by atoms with Gasteiger partial charge in [-0.1, -0.05) is 12.7 Å². The molecule has 2 heterocycles. The summed E-state index contributed by atoms with van der Waals surface area (Å²) in [4.78, 5) is 9.40. The molecule has 98 valence electrons. The minimum Gasteiger partial charge on any atom is -0.512 e. The van der Waals surface area contributed by atoms with E-state index in [2.05, 4.69) is 16.5 Å². The Hall–Kier alpha value is -2.14. The van der Waals surface area contributed by atoms with E-state index in [1.54, 1.807) is 32.5 Å². The van der Waals surface area contributed by atoms with Gasteiger partial charge in [0.05, 0.1) is 23.3 Å². The number of rotatable bonds is 4. The van der Waals surface area contributed by atoms with Gasteiger partial charge in [-0.3, -0.25) is 0 Å². The average molecular weight is 274 g/mol. The standard InChI is InChI=1S/C14H14N2O2S/c1-4-10(9(2)17)14-16-8-12(19-14)11-6-5-7-15-13(11)18-3/h4-8,17H,1H2,2-3H3. The monoisotopic (exact) mass is 274 g/mol. The van der Waals surface area contributed by atoms with Gasteiger partial charge < -0.3 is 9.84 Å². The second-order valence-electron chi connectivity index (χ2n) is 3.79. The molecule has 0 aliphatic carbocycles. The smallest absolute Gasteiger partial charge is 0.221 e. The summed E-state index contributed by atoms with van der Waals surface area (Å²) in [7, 11) is 1.58. The van der Waals surface area contributed by atoms with Crippen molar-refractivity contribution in [2.24, 2.45) is 0 Å². The first kappa shape index (κ1) is 13.3. The Labute approximate surface area is 115 Å². The van der Waals surface area contributed by atoms with E-state index in [1.807, 2.05) is 12.1 Å². The molecule has 0 bridgehead atoms. The maximum atomic E-state index is 9.58. The third-order valence-electron chi connectivity index (χ3n) is 2.56. The van der Waals surface area contributed by atoms with Crippen LogP contribution in [-0.4, -0.2) is 22.2 Å². The lowest BCUT2D eigenvalue weighted by molar-refractivity contribution is 0.400. The van der Waals surface area contributed by atoms with Crippen LogP contribution in [0.1, 0.15) is 11.9 Å². The second-order valence-corrected chi connectivity index (χ2v) is 4.82. The normalized spacial score (nSPS) is 11.9. The minimum atomic E-state index is 0.203. The van der Waals surface area contributed by atoms with Crippen LogP contribution >= 0.6 is 11.3 Å². The molecular formula is C14H14N2O2S. The highest BCUT2D eigenvalue weighted by Crippen LogP contribution is 2.34. The molecule has 1 N–H and O–H groups in total. The Morgan fingerprint density at radius 3 is 2.89 bits per heavy atom. The molecule has 0 fully saturated rings. The molecule has 2 aromatic rings. The summed E-state index contributed by atoms with van der Waals surface area (Å²) < 4.78 is 5.23. The largest absolute Gasteiger partial charge is 0.512 e. The number of methoxy groups -OCH3 is 1. The van der Waals surface area contributed by atoms with E-state index in [1.165, 1.54) is 11.3 Å². The van der Waals surface area contributed by atoms with Crippen molar-refractivity contribution in [2.45, 2.75) is 6.92 Å². The predicted molar refractivity (Wildman–Crippen MR) is 77.3 cm³/mol. The van der Waals surface area contributed by atoms with Gasteiger partial charge in [-0.05, 0) is 19.1 Å². The zero-order valence-corrected chi connectivity index (χ0v) is 11.6. The van der Waals surface area contributed by atoms with Crippen LogP contribution in [0.2, 0.25) is 0 Å². The molecule has 0 saturated heterocycles. The van der Waals surface area contributed by atoms with Crippen LogP contribution in [0.25, 0.3) is 16.0 Å². The van der Waals surface area contributed by atoms with Crippen molar-refractivity contribution in [1.82, 2.24) is 9.97 Å². The van der Waals surface area contributed by atoms with Crippen molar-refractivity contribution < 1.29 is 9.84 Å². The van der Waals surface area contributed by atoms with Crippen LogP contribution in [-0.2, 0) is 0 Å². The molecule has 0 aliphatic heterocycles. The first-order valence-corrected chi connectivity index (χ1v) is 6.47. The Bertz CT molecular complexity index is 628. The number of aromatic nitrogens is 2. The molecule has 2 rings (SSSR count). The van der Waals surface area contributed by atoms with Gasteiger partial charge in [-0.15, -0.1) is 11.3 Å². The molecule has 0 saturated carbocycles.